The number of ketones is 1. The summed E-state index contributed by atoms with van der Waals surface area (Å²) in [5.74, 6) is 0.667. The molecule has 3 nitrogen and oxygen atoms in total. The number of carbonyl (C=O) groups excluding carboxylic acids is 1. The molecule has 0 rings (SSSR count). The van der Waals surface area contributed by atoms with Gasteiger partial charge in [0.1, 0.15) is 6.10 Å². The van der Waals surface area contributed by atoms with Crippen LogP contribution in [0.25, 0.3) is 0 Å². The van der Waals surface area contributed by atoms with Crippen LogP contribution in [0.4, 0.5) is 0 Å². The minimum absolute atomic E-state index is 0.131. The molecule has 0 aliphatic rings. The molecule has 1 N–H and O–H groups in total. The van der Waals surface area contributed by atoms with Crippen LogP contribution in [-0.2, 0) is 9.63 Å². The topological polar surface area (TPSA) is 38.3 Å². The zero-order valence-electron chi connectivity index (χ0n) is 8.39. The van der Waals surface area contributed by atoms with Crippen LogP contribution in [0.2, 0.25) is 0 Å². The minimum Gasteiger partial charge on any atom is -0.297 e. The zero-order chi connectivity index (χ0) is 9.56. The molecule has 0 spiro atoms. The first kappa shape index (κ1) is 11.6. The number of Topliss-reactive ketones (excluding diaryl/α,β-unsaturated/α-hetero) is 1. The fourth-order valence-corrected chi connectivity index (χ4v) is 0.693. The van der Waals surface area contributed by atoms with Gasteiger partial charge in [0.25, 0.3) is 0 Å². The second-order valence-electron chi connectivity index (χ2n) is 3.32. The molecule has 0 radical (unpaired) electrons. The molecule has 3 heteroatoms. The Morgan fingerprint density at radius 2 is 2.00 bits per heavy atom. The van der Waals surface area contributed by atoms with Crippen molar-refractivity contribution in [2.24, 2.45) is 5.92 Å². The Kier molecular flexibility index (Phi) is 5.93. The summed E-state index contributed by atoms with van der Waals surface area (Å²) in [5.41, 5.74) is 2.78. The molecule has 72 valence electrons. The third-order valence-electron chi connectivity index (χ3n) is 1.55. The standard InChI is InChI=1S/C9H19NO2/c1-5-9(11)8(4)12-10-6-7(2)3/h7-8,10H,5-6H2,1-4H3. The maximum atomic E-state index is 11.0. The number of hydrogen-bond acceptors (Lipinski definition) is 3. The Balaban J connectivity index is 3.43. The second-order valence-corrected chi connectivity index (χ2v) is 3.32. The van der Waals surface area contributed by atoms with E-state index in [1.807, 2.05) is 6.92 Å². The smallest absolute Gasteiger partial charge is 0.163 e. The van der Waals surface area contributed by atoms with Gasteiger partial charge < -0.3 is 0 Å². The molecule has 0 aliphatic carbocycles. The van der Waals surface area contributed by atoms with Crippen molar-refractivity contribution in [2.75, 3.05) is 6.54 Å². The third-order valence-corrected chi connectivity index (χ3v) is 1.55. The molecule has 0 heterocycles. The van der Waals surface area contributed by atoms with Crippen molar-refractivity contribution in [1.82, 2.24) is 5.48 Å². The highest BCUT2D eigenvalue weighted by molar-refractivity contribution is 5.82. The van der Waals surface area contributed by atoms with Crippen LogP contribution in [0.5, 0.6) is 0 Å². The molecule has 0 fully saturated rings. The Hall–Kier alpha value is -0.410. The Morgan fingerprint density at radius 3 is 2.42 bits per heavy atom. The first-order valence-electron chi connectivity index (χ1n) is 4.49. The molecule has 0 saturated carbocycles. The van der Waals surface area contributed by atoms with Crippen LogP contribution in [0.1, 0.15) is 34.1 Å². The summed E-state index contributed by atoms with van der Waals surface area (Å²) >= 11 is 0. The summed E-state index contributed by atoms with van der Waals surface area (Å²) in [6.45, 7) is 8.55. The number of hydroxylamine groups is 1. The molecule has 0 aromatic heterocycles. The fourth-order valence-electron chi connectivity index (χ4n) is 0.693. The molecule has 0 amide bonds. The van der Waals surface area contributed by atoms with Gasteiger partial charge in [-0.25, -0.2) is 5.48 Å². The molecular formula is C9H19NO2. The van der Waals surface area contributed by atoms with E-state index in [1.54, 1.807) is 6.92 Å². The van der Waals surface area contributed by atoms with Gasteiger partial charge in [-0.2, -0.15) is 0 Å². The lowest BCUT2D eigenvalue weighted by Crippen LogP contribution is -2.30. The molecular weight excluding hydrogens is 154 g/mol. The van der Waals surface area contributed by atoms with Gasteiger partial charge in [0.15, 0.2) is 5.78 Å². The average molecular weight is 173 g/mol. The van der Waals surface area contributed by atoms with Crippen LogP contribution < -0.4 is 5.48 Å². The average Bonchev–Trinajstić information content (AvgIpc) is 2.02. The largest absolute Gasteiger partial charge is 0.297 e. The maximum Gasteiger partial charge on any atom is 0.163 e. The van der Waals surface area contributed by atoms with Crippen molar-refractivity contribution in [3.05, 3.63) is 0 Å². The van der Waals surface area contributed by atoms with E-state index in [9.17, 15) is 4.79 Å². The lowest BCUT2D eigenvalue weighted by molar-refractivity contribution is -0.134. The van der Waals surface area contributed by atoms with E-state index in [-0.39, 0.29) is 11.9 Å². The molecule has 0 aromatic carbocycles. The van der Waals surface area contributed by atoms with Gasteiger partial charge in [-0.15, -0.1) is 0 Å². The summed E-state index contributed by atoms with van der Waals surface area (Å²) in [6, 6.07) is 0. The first-order chi connectivity index (χ1) is 5.57. The fraction of sp³-hybridized carbons (Fsp3) is 0.889. The summed E-state index contributed by atoms with van der Waals surface area (Å²) < 4.78 is 0. The van der Waals surface area contributed by atoms with E-state index in [1.165, 1.54) is 0 Å². The number of carbonyl (C=O) groups is 1. The van der Waals surface area contributed by atoms with Crippen molar-refractivity contribution in [2.45, 2.75) is 40.2 Å². The zero-order valence-corrected chi connectivity index (χ0v) is 8.39. The molecule has 0 aliphatic heterocycles. The van der Waals surface area contributed by atoms with Gasteiger partial charge in [0.2, 0.25) is 0 Å². The highest BCUT2D eigenvalue weighted by Crippen LogP contribution is 1.95. The van der Waals surface area contributed by atoms with Crippen LogP contribution in [0.3, 0.4) is 0 Å². The summed E-state index contributed by atoms with van der Waals surface area (Å²) in [5, 5.41) is 0. The number of rotatable bonds is 6. The monoisotopic (exact) mass is 173 g/mol. The molecule has 0 bridgehead atoms. The van der Waals surface area contributed by atoms with Crippen LogP contribution >= 0.6 is 0 Å². The predicted molar refractivity (Wildman–Crippen MR) is 48.7 cm³/mol. The first-order valence-corrected chi connectivity index (χ1v) is 4.49. The molecule has 1 atom stereocenters. The van der Waals surface area contributed by atoms with Gasteiger partial charge in [-0.1, -0.05) is 20.8 Å². The van der Waals surface area contributed by atoms with E-state index in [4.69, 9.17) is 4.84 Å². The SMILES string of the molecule is CCC(=O)C(C)ONCC(C)C. The number of hydrogen-bond donors (Lipinski definition) is 1. The second kappa shape index (κ2) is 6.14. The highest BCUT2D eigenvalue weighted by Gasteiger charge is 2.10. The highest BCUT2D eigenvalue weighted by atomic mass is 16.7. The molecule has 12 heavy (non-hydrogen) atoms. The molecule has 0 saturated heterocycles. The van der Waals surface area contributed by atoms with Gasteiger partial charge in [0, 0.05) is 13.0 Å². The van der Waals surface area contributed by atoms with Gasteiger partial charge >= 0.3 is 0 Å². The van der Waals surface area contributed by atoms with Crippen LogP contribution in [-0.4, -0.2) is 18.4 Å². The summed E-state index contributed by atoms with van der Waals surface area (Å²) in [6.07, 6.45) is 0.207. The van der Waals surface area contributed by atoms with Crippen molar-refractivity contribution in [3.8, 4) is 0 Å². The number of nitrogens with one attached hydrogen (secondary N) is 1. The van der Waals surface area contributed by atoms with Crippen molar-refractivity contribution in [1.29, 1.82) is 0 Å². The lowest BCUT2D eigenvalue weighted by Gasteiger charge is -2.12. The van der Waals surface area contributed by atoms with E-state index in [2.05, 4.69) is 19.3 Å². The third kappa shape index (κ3) is 5.27. The van der Waals surface area contributed by atoms with Gasteiger partial charge in [0.05, 0.1) is 0 Å². The summed E-state index contributed by atoms with van der Waals surface area (Å²) in [4.78, 5) is 16.1. The van der Waals surface area contributed by atoms with E-state index in [0.29, 0.717) is 12.3 Å². The van der Waals surface area contributed by atoms with E-state index >= 15 is 0 Å². The quantitative estimate of drug-likeness (QED) is 0.619. The van der Waals surface area contributed by atoms with Crippen LogP contribution in [0, 0.1) is 5.92 Å². The van der Waals surface area contributed by atoms with Gasteiger partial charge in [-0.3, -0.25) is 9.63 Å². The predicted octanol–water partition coefficient (Wildman–Crippen LogP) is 1.53. The van der Waals surface area contributed by atoms with E-state index in [0.717, 1.165) is 6.54 Å². The normalized spacial score (nSPS) is 13.4. The molecule has 0 aromatic rings. The van der Waals surface area contributed by atoms with Crippen LogP contribution in [0.15, 0.2) is 0 Å². The Labute approximate surface area is 74.4 Å². The van der Waals surface area contributed by atoms with Gasteiger partial charge in [-0.05, 0) is 12.8 Å². The summed E-state index contributed by atoms with van der Waals surface area (Å²) in [7, 11) is 0. The lowest BCUT2D eigenvalue weighted by atomic mass is 10.2. The maximum absolute atomic E-state index is 11.0. The Morgan fingerprint density at radius 1 is 1.42 bits per heavy atom. The Bertz CT molecular complexity index is 134. The minimum atomic E-state index is -0.325. The van der Waals surface area contributed by atoms with E-state index < -0.39 is 0 Å². The van der Waals surface area contributed by atoms with Crippen molar-refractivity contribution in [3.63, 3.8) is 0 Å². The van der Waals surface area contributed by atoms with Crippen molar-refractivity contribution < 1.29 is 9.63 Å². The molecule has 1 unspecified atom stereocenters. The van der Waals surface area contributed by atoms with Crippen molar-refractivity contribution >= 4 is 5.78 Å².